The van der Waals surface area contributed by atoms with Gasteiger partial charge in [-0.25, -0.2) is 0 Å². The average molecular weight is 263 g/mol. The first kappa shape index (κ1) is 13.3. The molecular formula is C11H16F3N3O. The van der Waals surface area contributed by atoms with Crippen LogP contribution in [-0.4, -0.2) is 10.1 Å². The SMILES string of the molecule is CC(N)(c1noc(C(F)(F)F)n1)C1CCCCC1. The molecule has 1 unspecified atom stereocenters. The Bertz CT molecular complexity index is 408. The molecule has 1 aliphatic carbocycles. The minimum atomic E-state index is -4.62. The van der Waals surface area contributed by atoms with Crippen molar-refractivity contribution in [3.63, 3.8) is 0 Å². The van der Waals surface area contributed by atoms with E-state index in [9.17, 15) is 13.2 Å². The lowest BCUT2D eigenvalue weighted by atomic mass is 9.76. The average Bonchev–Trinajstić information content (AvgIpc) is 2.79. The zero-order chi connectivity index (χ0) is 13.4. The van der Waals surface area contributed by atoms with Gasteiger partial charge >= 0.3 is 12.1 Å². The fraction of sp³-hybridized carbons (Fsp3) is 0.818. The van der Waals surface area contributed by atoms with Gasteiger partial charge in [-0.15, -0.1) is 0 Å². The number of halogens is 3. The van der Waals surface area contributed by atoms with E-state index in [1.54, 1.807) is 6.92 Å². The maximum absolute atomic E-state index is 12.4. The van der Waals surface area contributed by atoms with E-state index in [4.69, 9.17) is 5.73 Å². The number of aromatic nitrogens is 2. The Morgan fingerprint density at radius 3 is 2.33 bits per heavy atom. The summed E-state index contributed by atoms with van der Waals surface area (Å²) >= 11 is 0. The van der Waals surface area contributed by atoms with E-state index in [2.05, 4.69) is 14.7 Å². The maximum Gasteiger partial charge on any atom is 0.471 e. The largest absolute Gasteiger partial charge is 0.471 e. The van der Waals surface area contributed by atoms with Crippen LogP contribution >= 0.6 is 0 Å². The van der Waals surface area contributed by atoms with E-state index < -0.39 is 17.6 Å². The summed E-state index contributed by atoms with van der Waals surface area (Å²) in [6, 6.07) is 0. The standard InChI is InChI=1S/C11H16F3N3O/c1-10(15,7-5-3-2-4-6-7)8-16-9(18-17-8)11(12,13)14/h7H,2-6,15H2,1H3. The van der Waals surface area contributed by atoms with Crippen LogP contribution in [0.15, 0.2) is 4.52 Å². The molecule has 1 fully saturated rings. The van der Waals surface area contributed by atoms with Gasteiger partial charge in [-0.3, -0.25) is 0 Å². The summed E-state index contributed by atoms with van der Waals surface area (Å²) in [4.78, 5) is 3.40. The Morgan fingerprint density at radius 2 is 1.83 bits per heavy atom. The van der Waals surface area contributed by atoms with E-state index in [0.29, 0.717) is 0 Å². The third-order valence-electron chi connectivity index (χ3n) is 3.60. The van der Waals surface area contributed by atoms with Crippen molar-refractivity contribution in [3.05, 3.63) is 11.7 Å². The van der Waals surface area contributed by atoms with E-state index in [1.807, 2.05) is 0 Å². The highest BCUT2D eigenvalue weighted by Crippen LogP contribution is 2.37. The lowest BCUT2D eigenvalue weighted by Crippen LogP contribution is -2.43. The Labute approximate surface area is 103 Å². The maximum atomic E-state index is 12.4. The van der Waals surface area contributed by atoms with Crippen LogP contribution in [0.5, 0.6) is 0 Å². The van der Waals surface area contributed by atoms with Crippen LogP contribution in [0, 0.1) is 5.92 Å². The van der Waals surface area contributed by atoms with Gasteiger partial charge in [0.15, 0.2) is 5.82 Å². The number of alkyl halides is 3. The molecule has 0 aromatic carbocycles. The second-order valence-electron chi connectivity index (χ2n) is 5.04. The molecule has 7 heteroatoms. The molecule has 0 radical (unpaired) electrons. The molecule has 2 N–H and O–H groups in total. The van der Waals surface area contributed by atoms with Crippen molar-refractivity contribution >= 4 is 0 Å². The molecule has 4 nitrogen and oxygen atoms in total. The minimum absolute atomic E-state index is 0.0540. The van der Waals surface area contributed by atoms with Crippen molar-refractivity contribution in [3.8, 4) is 0 Å². The molecule has 1 heterocycles. The zero-order valence-corrected chi connectivity index (χ0v) is 10.1. The van der Waals surface area contributed by atoms with Crippen LogP contribution in [0.3, 0.4) is 0 Å². The summed E-state index contributed by atoms with van der Waals surface area (Å²) in [5.41, 5.74) is 5.15. The number of hydrogen-bond donors (Lipinski definition) is 1. The Kier molecular flexibility index (Phi) is 3.35. The van der Waals surface area contributed by atoms with Crippen molar-refractivity contribution in [1.29, 1.82) is 0 Å². The molecule has 18 heavy (non-hydrogen) atoms. The number of rotatable bonds is 2. The summed E-state index contributed by atoms with van der Waals surface area (Å²) in [5.74, 6) is -1.28. The second kappa shape index (κ2) is 4.53. The molecule has 1 atom stereocenters. The summed E-state index contributed by atoms with van der Waals surface area (Å²) < 4.78 is 41.4. The minimum Gasteiger partial charge on any atom is -0.329 e. The van der Waals surface area contributed by atoms with Crippen molar-refractivity contribution in [2.24, 2.45) is 11.7 Å². The Morgan fingerprint density at radius 1 is 1.22 bits per heavy atom. The molecule has 1 aromatic heterocycles. The number of nitrogens with zero attached hydrogens (tertiary/aromatic N) is 2. The third-order valence-corrected chi connectivity index (χ3v) is 3.60. The van der Waals surface area contributed by atoms with E-state index in [0.717, 1.165) is 32.1 Å². The molecule has 0 aliphatic heterocycles. The molecule has 0 saturated heterocycles. The van der Waals surface area contributed by atoms with Gasteiger partial charge < -0.3 is 10.3 Å². The topological polar surface area (TPSA) is 64.9 Å². The fourth-order valence-corrected chi connectivity index (χ4v) is 2.44. The normalized spacial score (nSPS) is 21.8. The van der Waals surface area contributed by atoms with Crippen LogP contribution < -0.4 is 5.73 Å². The number of hydrogen-bond acceptors (Lipinski definition) is 4. The van der Waals surface area contributed by atoms with Gasteiger partial charge in [0.2, 0.25) is 0 Å². The molecule has 102 valence electrons. The van der Waals surface area contributed by atoms with Crippen molar-refractivity contribution in [2.75, 3.05) is 0 Å². The third kappa shape index (κ3) is 2.50. The van der Waals surface area contributed by atoms with Gasteiger partial charge in [-0.05, 0) is 25.7 Å². The lowest BCUT2D eigenvalue weighted by molar-refractivity contribution is -0.159. The molecule has 2 rings (SSSR count). The van der Waals surface area contributed by atoms with Gasteiger partial charge in [0.05, 0.1) is 5.54 Å². The summed E-state index contributed by atoms with van der Waals surface area (Å²) in [5, 5.41) is 3.40. The molecule has 1 aromatic rings. The molecule has 1 aliphatic rings. The summed E-state index contributed by atoms with van der Waals surface area (Å²) in [7, 11) is 0. The van der Waals surface area contributed by atoms with Gasteiger partial charge in [0.25, 0.3) is 0 Å². The van der Waals surface area contributed by atoms with Crippen molar-refractivity contribution in [1.82, 2.24) is 10.1 Å². The zero-order valence-electron chi connectivity index (χ0n) is 10.1. The first-order valence-corrected chi connectivity index (χ1v) is 6.02. The summed E-state index contributed by atoms with van der Waals surface area (Å²) in [6.07, 6.45) is 0.398. The molecular weight excluding hydrogens is 247 g/mol. The molecule has 0 bridgehead atoms. The quantitative estimate of drug-likeness (QED) is 0.891. The molecule has 0 spiro atoms. The molecule has 0 amide bonds. The van der Waals surface area contributed by atoms with Gasteiger partial charge in [-0.2, -0.15) is 18.2 Å². The van der Waals surface area contributed by atoms with Crippen molar-refractivity contribution in [2.45, 2.75) is 50.7 Å². The van der Waals surface area contributed by atoms with Crippen LogP contribution in [0.4, 0.5) is 13.2 Å². The first-order valence-electron chi connectivity index (χ1n) is 6.02. The highest BCUT2D eigenvalue weighted by atomic mass is 19.4. The van der Waals surface area contributed by atoms with Crippen LogP contribution in [0.25, 0.3) is 0 Å². The predicted molar refractivity (Wildman–Crippen MR) is 57.4 cm³/mol. The van der Waals surface area contributed by atoms with E-state index in [1.165, 1.54) is 0 Å². The predicted octanol–water partition coefficient (Wildman–Crippen LogP) is 2.84. The first-order chi connectivity index (χ1) is 8.32. The van der Waals surface area contributed by atoms with Crippen LogP contribution in [-0.2, 0) is 11.7 Å². The van der Waals surface area contributed by atoms with Gasteiger partial charge in [0.1, 0.15) is 0 Å². The van der Waals surface area contributed by atoms with Crippen molar-refractivity contribution < 1.29 is 17.7 Å². The highest BCUT2D eigenvalue weighted by molar-refractivity contribution is 5.06. The Hall–Kier alpha value is -1.11. The van der Waals surface area contributed by atoms with E-state index in [-0.39, 0.29) is 11.7 Å². The van der Waals surface area contributed by atoms with Crippen LogP contribution in [0.1, 0.15) is 50.7 Å². The van der Waals surface area contributed by atoms with Gasteiger partial charge in [0, 0.05) is 0 Å². The lowest BCUT2D eigenvalue weighted by Gasteiger charge is -2.34. The van der Waals surface area contributed by atoms with Crippen LogP contribution in [0.2, 0.25) is 0 Å². The highest BCUT2D eigenvalue weighted by Gasteiger charge is 2.42. The number of nitrogens with two attached hydrogens (primary N) is 1. The van der Waals surface area contributed by atoms with E-state index >= 15 is 0 Å². The Balaban J connectivity index is 2.21. The second-order valence-corrected chi connectivity index (χ2v) is 5.04. The van der Waals surface area contributed by atoms with Gasteiger partial charge in [-0.1, -0.05) is 24.4 Å². The summed E-state index contributed by atoms with van der Waals surface area (Å²) in [6.45, 7) is 1.67. The smallest absolute Gasteiger partial charge is 0.329 e. The fourth-order valence-electron chi connectivity index (χ4n) is 2.44. The monoisotopic (exact) mass is 263 g/mol. The molecule has 1 saturated carbocycles.